The van der Waals surface area contributed by atoms with E-state index in [4.69, 9.17) is 0 Å². The Bertz CT molecular complexity index is 1190. The highest BCUT2D eigenvalue weighted by molar-refractivity contribution is 9.09. The average Bonchev–Trinajstić information content (AvgIpc) is 2.80. The van der Waals surface area contributed by atoms with Crippen LogP contribution in [0, 0.1) is 22.6 Å². The zero-order valence-electron chi connectivity index (χ0n) is 16.7. The zero-order valence-corrected chi connectivity index (χ0v) is 18.3. The number of fused-ring (bicyclic) bond motifs is 1. The van der Waals surface area contributed by atoms with Crippen LogP contribution in [0.1, 0.15) is 40.2 Å². The molecule has 31 heavy (non-hydrogen) atoms. The van der Waals surface area contributed by atoms with Gasteiger partial charge in [0.05, 0.1) is 10.4 Å². The third-order valence-electron chi connectivity index (χ3n) is 6.66. The van der Waals surface area contributed by atoms with E-state index in [0.29, 0.717) is 18.4 Å². The van der Waals surface area contributed by atoms with E-state index in [0.717, 1.165) is 22.3 Å². The van der Waals surface area contributed by atoms with Crippen LogP contribution in [-0.2, 0) is 15.5 Å². The van der Waals surface area contributed by atoms with Gasteiger partial charge in [0, 0.05) is 12.5 Å². The maximum atomic E-state index is 13.9. The smallest absolute Gasteiger partial charge is 0.241 e. The first-order valence-corrected chi connectivity index (χ1v) is 11.1. The molecule has 0 saturated heterocycles. The minimum Gasteiger partial charge on any atom is -0.354 e. The second-order valence-corrected chi connectivity index (χ2v) is 9.62. The minimum absolute atomic E-state index is 0.272. The van der Waals surface area contributed by atoms with Gasteiger partial charge in [-0.1, -0.05) is 82.7 Å². The summed E-state index contributed by atoms with van der Waals surface area (Å²) in [4.78, 5) is 13.5. The molecule has 5 heteroatoms. The Morgan fingerprint density at radius 2 is 1.61 bits per heavy atom. The van der Waals surface area contributed by atoms with Gasteiger partial charge < -0.3 is 5.32 Å². The van der Waals surface area contributed by atoms with Gasteiger partial charge in [0.25, 0.3) is 0 Å². The van der Waals surface area contributed by atoms with Crippen LogP contribution >= 0.6 is 15.9 Å². The van der Waals surface area contributed by atoms with Gasteiger partial charge in [0.2, 0.25) is 5.91 Å². The van der Waals surface area contributed by atoms with Crippen molar-refractivity contribution < 1.29 is 9.18 Å². The van der Waals surface area contributed by atoms with Gasteiger partial charge in [0.15, 0.2) is 0 Å². The van der Waals surface area contributed by atoms with E-state index in [2.05, 4.69) is 39.4 Å². The predicted molar refractivity (Wildman–Crippen MR) is 120 cm³/mol. The number of nitriles is 1. The largest absolute Gasteiger partial charge is 0.354 e. The molecule has 154 valence electrons. The monoisotopic (exact) mass is 474 g/mol. The summed E-state index contributed by atoms with van der Waals surface area (Å²) in [6.45, 7) is 0.272. The van der Waals surface area contributed by atoms with Gasteiger partial charge >= 0.3 is 0 Å². The molecule has 2 bridgehead atoms. The van der Waals surface area contributed by atoms with E-state index < -0.39 is 9.74 Å². The Balaban J connectivity index is 1.52. The van der Waals surface area contributed by atoms with Gasteiger partial charge in [-0.3, -0.25) is 4.79 Å². The molecule has 3 aromatic carbocycles. The fraction of sp³-hybridized carbons (Fsp3) is 0.231. The number of nitrogens with zero attached hydrogens (tertiary/aromatic N) is 1. The lowest BCUT2D eigenvalue weighted by molar-refractivity contribution is -0.130. The van der Waals surface area contributed by atoms with Crippen LogP contribution in [0.5, 0.6) is 0 Å². The number of nitrogens with one attached hydrogen (secondary N) is 1. The van der Waals surface area contributed by atoms with Crippen LogP contribution in [0.15, 0.2) is 72.8 Å². The SMILES string of the molecule is N#CC1(C(=O)NCCc2ccccc2F)CC2(Br)c3ccccc3C1c1ccccc12. The molecule has 1 amide bonds. The summed E-state index contributed by atoms with van der Waals surface area (Å²) < 4.78 is 13.3. The lowest BCUT2D eigenvalue weighted by Gasteiger charge is -2.53. The molecule has 3 nitrogen and oxygen atoms in total. The van der Waals surface area contributed by atoms with E-state index in [1.807, 2.05) is 36.4 Å². The molecular formula is C26H20BrFN2O. The third-order valence-corrected chi connectivity index (χ3v) is 7.79. The molecule has 0 saturated carbocycles. The number of carbonyl (C=O) groups excluding carboxylic acids is 1. The van der Waals surface area contributed by atoms with Crippen LogP contribution in [0.25, 0.3) is 0 Å². The first kappa shape index (κ1) is 20.0. The fourth-order valence-electron chi connectivity index (χ4n) is 5.28. The molecule has 0 spiro atoms. The number of hydrogen-bond acceptors (Lipinski definition) is 2. The van der Waals surface area contributed by atoms with Crippen molar-refractivity contribution in [3.63, 3.8) is 0 Å². The molecule has 1 unspecified atom stereocenters. The maximum absolute atomic E-state index is 13.9. The molecule has 0 aromatic heterocycles. The van der Waals surface area contributed by atoms with Crippen molar-refractivity contribution in [2.75, 3.05) is 6.54 Å². The molecule has 6 rings (SSSR count). The normalized spacial score (nSPS) is 25.3. The number of alkyl halides is 1. The summed E-state index contributed by atoms with van der Waals surface area (Å²) in [5.41, 5.74) is 3.55. The van der Waals surface area contributed by atoms with E-state index in [1.165, 1.54) is 6.07 Å². The van der Waals surface area contributed by atoms with E-state index in [1.54, 1.807) is 18.2 Å². The van der Waals surface area contributed by atoms with E-state index >= 15 is 0 Å². The van der Waals surface area contributed by atoms with Crippen LogP contribution in [0.4, 0.5) is 4.39 Å². The quantitative estimate of drug-likeness (QED) is 0.529. The molecule has 0 heterocycles. The Morgan fingerprint density at radius 3 is 2.23 bits per heavy atom. The molecular weight excluding hydrogens is 455 g/mol. The molecule has 0 fully saturated rings. The number of benzene rings is 3. The van der Waals surface area contributed by atoms with Crippen LogP contribution in [0.2, 0.25) is 0 Å². The number of hydrogen-bond donors (Lipinski definition) is 1. The lowest BCUT2D eigenvalue weighted by Crippen LogP contribution is -2.54. The van der Waals surface area contributed by atoms with Crippen molar-refractivity contribution in [1.29, 1.82) is 5.26 Å². The average molecular weight is 475 g/mol. The number of amides is 1. The molecule has 0 aliphatic heterocycles. The van der Waals surface area contributed by atoms with Crippen molar-refractivity contribution in [3.8, 4) is 6.07 Å². The minimum atomic E-state index is -1.25. The first-order chi connectivity index (χ1) is 15.0. The summed E-state index contributed by atoms with van der Waals surface area (Å²) in [6.07, 6.45) is 0.720. The summed E-state index contributed by atoms with van der Waals surface area (Å²) in [6, 6.07) is 25.0. The number of carbonyl (C=O) groups is 1. The van der Waals surface area contributed by atoms with Gasteiger partial charge in [-0.15, -0.1) is 0 Å². The molecule has 3 aliphatic carbocycles. The highest BCUT2D eigenvalue weighted by atomic mass is 79.9. The summed E-state index contributed by atoms with van der Waals surface area (Å²) >= 11 is 3.95. The second kappa shape index (κ2) is 7.32. The summed E-state index contributed by atoms with van der Waals surface area (Å²) in [5.74, 6) is -0.937. The highest BCUT2D eigenvalue weighted by Crippen LogP contribution is 2.65. The predicted octanol–water partition coefficient (Wildman–Crippen LogP) is 5.18. The second-order valence-electron chi connectivity index (χ2n) is 8.27. The van der Waals surface area contributed by atoms with Crippen molar-refractivity contribution in [3.05, 3.63) is 106 Å². The van der Waals surface area contributed by atoms with Crippen LogP contribution in [-0.4, -0.2) is 12.5 Å². The molecule has 3 aliphatic rings. The first-order valence-electron chi connectivity index (χ1n) is 10.3. The Kier molecular flexibility index (Phi) is 4.71. The third kappa shape index (κ3) is 2.85. The van der Waals surface area contributed by atoms with Crippen molar-refractivity contribution in [2.24, 2.45) is 5.41 Å². The van der Waals surface area contributed by atoms with Crippen molar-refractivity contribution >= 4 is 21.8 Å². The van der Waals surface area contributed by atoms with Crippen LogP contribution in [0.3, 0.4) is 0 Å². The Hall–Kier alpha value is -2.97. The Labute approximate surface area is 189 Å². The summed E-state index contributed by atoms with van der Waals surface area (Å²) in [7, 11) is 0. The standard InChI is InChI=1S/C26H20BrFN2O/c27-26-15-25(16-29,24(31)30-14-13-17-7-1-6-12-22(17)28)23(18-8-2-4-10-20(18)26)19-9-3-5-11-21(19)26/h1-12,23H,13-15H2,(H,30,31). The van der Waals surface area contributed by atoms with Gasteiger partial charge in [-0.05, 0) is 46.7 Å². The Morgan fingerprint density at radius 1 is 1.03 bits per heavy atom. The zero-order chi connectivity index (χ0) is 21.6. The summed E-state index contributed by atoms with van der Waals surface area (Å²) in [5, 5.41) is 13.3. The number of halogens is 2. The van der Waals surface area contributed by atoms with Gasteiger partial charge in [0.1, 0.15) is 11.2 Å². The van der Waals surface area contributed by atoms with Crippen LogP contribution < -0.4 is 5.32 Å². The molecule has 0 radical (unpaired) electrons. The lowest BCUT2D eigenvalue weighted by atomic mass is 9.52. The molecule has 3 aromatic rings. The van der Waals surface area contributed by atoms with E-state index in [9.17, 15) is 14.4 Å². The van der Waals surface area contributed by atoms with Crippen molar-refractivity contribution in [1.82, 2.24) is 5.32 Å². The molecule has 1 N–H and O–H groups in total. The maximum Gasteiger partial charge on any atom is 0.241 e. The number of rotatable bonds is 4. The van der Waals surface area contributed by atoms with Gasteiger partial charge in [-0.2, -0.15) is 5.26 Å². The fourth-order valence-corrected chi connectivity index (χ4v) is 6.44. The topological polar surface area (TPSA) is 52.9 Å². The van der Waals surface area contributed by atoms with Gasteiger partial charge in [-0.25, -0.2) is 4.39 Å². The highest BCUT2D eigenvalue weighted by Gasteiger charge is 2.62. The van der Waals surface area contributed by atoms with Crippen molar-refractivity contribution in [2.45, 2.75) is 23.1 Å². The van der Waals surface area contributed by atoms with E-state index in [-0.39, 0.29) is 24.2 Å². The molecule has 1 atom stereocenters.